The summed E-state index contributed by atoms with van der Waals surface area (Å²) in [5.74, 6) is 1.26. The van der Waals surface area contributed by atoms with E-state index in [1.165, 1.54) is 0 Å². The van der Waals surface area contributed by atoms with Gasteiger partial charge in [-0.15, -0.1) is 0 Å². The molecule has 0 saturated carbocycles. The molecule has 2 aromatic rings. The number of rotatable bonds is 5. The van der Waals surface area contributed by atoms with E-state index in [1.807, 2.05) is 24.3 Å². The molecular weight excluding hydrogens is 334 g/mol. The quantitative estimate of drug-likeness (QED) is 0.896. The summed E-state index contributed by atoms with van der Waals surface area (Å²) < 4.78 is 11.4. The zero-order valence-electron chi connectivity index (χ0n) is 11.9. The Morgan fingerprint density at radius 1 is 1.10 bits per heavy atom. The van der Waals surface area contributed by atoms with Crippen LogP contribution in [-0.2, 0) is 11.2 Å². The smallest absolute Gasteiger partial charge is 0.228 e. The van der Waals surface area contributed by atoms with E-state index in [0.717, 1.165) is 15.7 Å². The molecule has 4 nitrogen and oxygen atoms in total. The number of carbonyl (C=O) groups excluding carboxylic acids is 1. The van der Waals surface area contributed by atoms with Crippen LogP contribution >= 0.6 is 15.9 Å². The van der Waals surface area contributed by atoms with Crippen LogP contribution in [0.3, 0.4) is 0 Å². The number of nitrogens with one attached hydrogen (secondary N) is 1. The Balaban J connectivity index is 2.09. The zero-order valence-corrected chi connectivity index (χ0v) is 13.4. The van der Waals surface area contributed by atoms with Gasteiger partial charge in [0.15, 0.2) is 0 Å². The predicted octanol–water partition coefficient (Wildman–Crippen LogP) is 3.65. The summed E-state index contributed by atoms with van der Waals surface area (Å²) in [7, 11) is 3.17. The van der Waals surface area contributed by atoms with Crippen LogP contribution in [0.2, 0.25) is 0 Å². The first-order valence-corrected chi connectivity index (χ1v) is 7.18. The average Bonchev–Trinajstić information content (AvgIpc) is 2.49. The highest BCUT2D eigenvalue weighted by Crippen LogP contribution is 2.24. The number of methoxy groups -OCH3 is 2. The lowest BCUT2D eigenvalue weighted by molar-refractivity contribution is -0.115. The molecule has 0 radical (unpaired) electrons. The van der Waals surface area contributed by atoms with Crippen LogP contribution in [0.15, 0.2) is 46.9 Å². The van der Waals surface area contributed by atoms with Crippen LogP contribution in [0.1, 0.15) is 5.56 Å². The fourth-order valence-electron chi connectivity index (χ4n) is 1.93. The lowest BCUT2D eigenvalue weighted by atomic mass is 10.1. The number of benzene rings is 2. The summed E-state index contributed by atoms with van der Waals surface area (Å²) in [6.45, 7) is 0. The molecule has 0 aliphatic heterocycles. The first-order valence-electron chi connectivity index (χ1n) is 6.38. The Labute approximate surface area is 132 Å². The number of hydrogen-bond donors (Lipinski definition) is 1. The highest BCUT2D eigenvalue weighted by molar-refractivity contribution is 9.10. The van der Waals surface area contributed by atoms with Gasteiger partial charge in [-0.3, -0.25) is 4.79 Å². The third-order valence-corrected chi connectivity index (χ3v) is 3.50. The fraction of sp³-hybridized carbons (Fsp3) is 0.188. The average molecular weight is 350 g/mol. The van der Waals surface area contributed by atoms with E-state index < -0.39 is 0 Å². The van der Waals surface area contributed by atoms with E-state index in [9.17, 15) is 4.79 Å². The molecule has 0 unspecified atom stereocenters. The van der Waals surface area contributed by atoms with E-state index in [1.54, 1.807) is 32.4 Å². The molecule has 0 heterocycles. The second-order valence-corrected chi connectivity index (χ2v) is 5.33. The molecule has 0 aromatic heterocycles. The molecule has 110 valence electrons. The van der Waals surface area contributed by atoms with Crippen LogP contribution in [0, 0.1) is 0 Å². The van der Waals surface area contributed by atoms with Gasteiger partial charge in [-0.25, -0.2) is 0 Å². The monoisotopic (exact) mass is 349 g/mol. The first-order chi connectivity index (χ1) is 10.1. The maximum Gasteiger partial charge on any atom is 0.228 e. The molecule has 0 atom stereocenters. The lowest BCUT2D eigenvalue weighted by Crippen LogP contribution is -2.14. The molecule has 0 saturated heterocycles. The van der Waals surface area contributed by atoms with Gasteiger partial charge in [0.05, 0.1) is 20.6 Å². The number of ether oxygens (including phenoxy) is 2. The third kappa shape index (κ3) is 4.23. The van der Waals surface area contributed by atoms with E-state index >= 15 is 0 Å². The minimum atomic E-state index is -0.108. The van der Waals surface area contributed by atoms with E-state index in [2.05, 4.69) is 21.2 Å². The summed E-state index contributed by atoms with van der Waals surface area (Å²) in [5.41, 5.74) is 1.54. The second kappa shape index (κ2) is 7.13. The SMILES string of the molecule is COc1ccc(OC)c(CC(=O)Nc2ccc(Br)cc2)c1. The van der Waals surface area contributed by atoms with Crippen molar-refractivity contribution in [2.45, 2.75) is 6.42 Å². The Morgan fingerprint density at radius 3 is 2.43 bits per heavy atom. The molecule has 2 aromatic carbocycles. The molecular formula is C16H16BrNO3. The summed E-state index contributed by atoms with van der Waals surface area (Å²) in [5, 5.41) is 2.85. The van der Waals surface area contributed by atoms with E-state index in [0.29, 0.717) is 11.5 Å². The first kappa shape index (κ1) is 15.4. The van der Waals surface area contributed by atoms with E-state index in [4.69, 9.17) is 9.47 Å². The van der Waals surface area contributed by atoms with Gasteiger partial charge in [-0.2, -0.15) is 0 Å². The van der Waals surface area contributed by atoms with Crippen molar-refractivity contribution < 1.29 is 14.3 Å². The van der Waals surface area contributed by atoms with Gasteiger partial charge in [-0.05, 0) is 42.5 Å². The van der Waals surface area contributed by atoms with Gasteiger partial charge in [-0.1, -0.05) is 15.9 Å². The Hall–Kier alpha value is -2.01. The van der Waals surface area contributed by atoms with Crippen LogP contribution in [0.5, 0.6) is 11.5 Å². The van der Waals surface area contributed by atoms with E-state index in [-0.39, 0.29) is 12.3 Å². The molecule has 0 aliphatic carbocycles. The minimum Gasteiger partial charge on any atom is -0.497 e. The maximum atomic E-state index is 12.1. The number of amides is 1. The Morgan fingerprint density at radius 2 is 1.81 bits per heavy atom. The van der Waals surface area contributed by atoms with Crippen molar-refractivity contribution >= 4 is 27.5 Å². The summed E-state index contributed by atoms with van der Waals surface area (Å²) in [6.07, 6.45) is 0.219. The Bertz CT molecular complexity index is 626. The number of halogens is 1. The summed E-state index contributed by atoms with van der Waals surface area (Å²) in [4.78, 5) is 12.1. The van der Waals surface area contributed by atoms with Gasteiger partial charge in [0.1, 0.15) is 11.5 Å². The summed E-state index contributed by atoms with van der Waals surface area (Å²) in [6, 6.07) is 12.8. The second-order valence-electron chi connectivity index (χ2n) is 4.41. The van der Waals surface area contributed by atoms with Crippen molar-refractivity contribution in [3.05, 3.63) is 52.5 Å². The highest BCUT2D eigenvalue weighted by atomic mass is 79.9. The molecule has 0 bridgehead atoms. The lowest BCUT2D eigenvalue weighted by Gasteiger charge is -2.11. The Kier molecular flexibility index (Phi) is 5.22. The predicted molar refractivity (Wildman–Crippen MR) is 86.0 cm³/mol. The van der Waals surface area contributed by atoms with Gasteiger partial charge >= 0.3 is 0 Å². The van der Waals surface area contributed by atoms with Crippen LogP contribution in [0.4, 0.5) is 5.69 Å². The van der Waals surface area contributed by atoms with Crippen LogP contribution < -0.4 is 14.8 Å². The van der Waals surface area contributed by atoms with Crippen LogP contribution in [0.25, 0.3) is 0 Å². The molecule has 1 N–H and O–H groups in total. The van der Waals surface area contributed by atoms with Crippen molar-refractivity contribution in [3.63, 3.8) is 0 Å². The fourth-order valence-corrected chi connectivity index (χ4v) is 2.20. The number of anilines is 1. The van der Waals surface area contributed by atoms with Gasteiger partial charge < -0.3 is 14.8 Å². The standard InChI is InChI=1S/C16H16BrNO3/c1-20-14-7-8-15(21-2)11(9-14)10-16(19)18-13-5-3-12(17)4-6-13/h3-9H,10H2,1-2H3,(H,18,19). The summed E-state index contributed by atoms with van der Waals surface area (Å²) >= 11 is 3.36. The highest BCUT2D eigenvalue weighted by Gasteiger charge is 2.10. The molecule has 1 amide bonds. The van der Waals surface area contributed by atoms with Gasteiger partial charge in [0, 0.05) is 15.7 Å². The molecule has 0 fully saturated rings. The van der Waals surface area contributed by atoms with Gasteiger partial charge in [0.25, 0.3) is 0 Å². The molecule has 21 heavy (non-hydrogen) atoms. The number of carbonyl (C=O) groups is 1. The van der Waals surface area contributed by atoms with Crippen molar-refractivity contribution in [3.8, 4) is 11.5 Å². The molecule has 5 heteroatoms. The molecule has 2 rings (SSSR count). The normalized spacial score (nSPS) is 10.0. The molecule has 0 aliphatic rings. The van der Waals surface area contributed by atoms with Crippen LogP contribution in [-0.4, -0.2) is 20.1 Å². The maximum absolute atomic E-state index is 12.1. The largest absolute Gasteiger partial charge is 0.497 e. The third-order valence-electron chi connectivity index (χ3n) is 2.97. The van der Waals surface area contributed by atoms with Crippen molar-refractivity contribution in [2.24, 2.45) is 0 Å². The molecule has 0 spiro atoms. The van der Waals surface area contributed by atoms with Crippen molar-refractivity contribution in [1.29, 1.82) is 0 Å². The van der Waals surface area contributed by atoms with Crippen molar-refractivity contribution in [2.75, 3.05) is 19.5 Å². The zero-order chi connectivity index (χ0) is 15.2. The number of hydrogen-bond acceptors (Lipinski definition) is 3. The minimum absolute atomic E-state index is 0.108. The van der Waals surface area contributed by atoms with Gasteiger partial charge in [0.2, 0.25) is 5.91 Å². The topological polar surface area (TPSA) is 47.6 Å². The van der Waals surface area contributed by atoms with Crippen molar-refractivity contribution in [1.82, 2.24) is 0 Å².